The first-order valence-electron chi connectivity index (χ1n) is 4.45. The molecule has 0 aliphatic carbocycles. The molecule has 84 valence electrons. The zero-order valence-corrected chi connectivity index (χ0v) is 8.17. The summed E-state index contributed by atoms with van der Waals surface area (Å²) in [6.45, 7) is -0.201. The van der Waals surface area contributed by atoms with E-state index in [1.165, 1.54) is 25.2 Å². The molecule has 0 spiro atoms. The van der Waals surface area contributed by atoms with Crippen molar-refractivity contribution in [3.05, 3.63) is 29.8 Å². The minimum atomic E-state index is -4.31. The van der Waals surface area contributed by atoms with E-state index in [1.54, 1.807) is 0 Å². The van der Waals surface area contributed by atoms with Crippen LogP contribution in [-0.4, -0.2) is 24.9 Å². The molecule has 0 bridgehead atoms. The van der Waals surface area contributed by atoms with Crippen molar-refractivity contribution < 1.29 is 18.3 Å². The van der Waals surface area contributed by atoms with Gasteiger partial charge in [0.1, 0.15) is 5.75 Å². The zero-order valence-electron chi connectivity index (χ0n) is 8.17. The minimum absolute atomic E-state index is 0.0665. The van der Waals surface area contributed by atoms with Crippen molar-refractivity contribution >= 4 is 0 Å². The monoisotopic (exact) mass is 219 g/mol. The standard InChI is InChI=1S/C10H12F3NO/c1-14-6-9(10(11,12)13)7-3-2-4-8(15)5-7/h2-5,9,14-15H,6H2,1H3. The van der Waals surface area contributed by atoms with Gasteiger partial charge in [-0.05, 0) is 24.7 Å². The summed E-state index contributed by atoms with van der Waals surface area (Å²) in [6, 6.07) is 5.24. The summed E-state index contributed by atoms with van der Waals surface area (Å²) in [5.74, 6) is -1.74. The van der Waals surface area contributed by atoms with Crippen molar-refractivity contribution in [1.82, 2.24) is 5.32 Å². The van der Waals surface area contributed by atoms with Crippen LogP contribution in [0.1, 0.15) is 11.5 Å². The zero-order chi connectivity index (χ0) is 11.5. The van der Waals surface area contributed by atoms with Crippen LogP contribution in [0.15, 0.2) is 24.3 Å². The van der Waals surface area contributed by atoms with Gasteiger partial charge in [0.2, 0.25) is 0 Å². The Morgan fingerprint density at radius 2 is 2.07 bits per heavy atom. The third-order valence-electron chi connectivity index (χ3n) is 2.08. The molecular weight excluding hydrogens is 207 g/mol. The van der Waals surface area contributed by atoms with Crippen molar-refractivity contribution in [2.24, 2.45) is 0 Å². The Kier molecular flexibility index (Phi) is 3.57. The fraction of sp³-hybridized carbons (Fsp3) is 0.400. The number of halogens is 3. The molecule has 0 aliphatic heterocycles. The molecular formula is C10H12F3NO. The molecule has 1 aromatic carbocycles. The van der Waals surface area contributed by atoms with E-state index in [0.717, 1.165) is 6.07 Å². The van der Waals surface area contributed by atoms with E-state index in [1.807, 2.05) is 0 Å². The van der Waals surface area contributed by atoms with Crippen molar-refractivity contribution in [3.8, 4) is 5.75 Å². The Morgan fingerprint density at radius 3 is 2.53 bits per heavy atom. The second-order valence-corrected chi connectivity index (χ2v) is 3.25. The summed E-state index contributed by atoms with van der Waals surface area (Å²) in [6.07, 6.45) is -4.31. The predicted octanol–water partition coefficient (Wildman–Crippen LogP) is 2.26. The van der Waals surface area contributed by atoms with Crippen LogP contribution in [0.2, 0.25) is 0 Å². The number of aromatic hydroxyl groups is 1. The molecule has 2 nitrogen and oxygen atoms in total. The smallest absolute Gasteiger partial charge is 0.396 e. The molecule has 1 atom stereocenters. The minimum Gasteiger partial charge on any atom is -0.508 e. The molecule has 0 saturated carbocycles. The van der Waals surface area contributed by atoms with Crippen molar-refractivity contribution in [3.63, 3.8) is 0 Å². The topological polar surface area (TPSA) is 32.3 Å². The summed E-state index contributed by atoms with van der Waals surface area (Å²) in [5, 5.41) is 11.6. The number of hydrogen-bond donors (Lipinski definition) is 2. The van der Waals surface area contributed by atoms with Crippen molar-refractivity contribution in [2.45, 2.75) is 12.1 Å². The third-order valence-corrected chi connectivity index (χ3v) is 2.08. The van der Waals surface area contributed by atoms with E-state index in [2.05, 4.69) is 5.32 Å². The lowest BCUT2D eigenvalue weighted by Gasteiger charge is -2.20. The van der Waals surface area contributed by atoms with Crippen LogP contribution in [0.4, 0.5) is 13.2 Å². The molecule has 0 amide bonds. The Balaban J connectivity index is 2.99. The maximum atomic E-state index is 12.6. The van der Waals surface area contributed by atoms with E-state index in [4.69, 9.17) is 5.11 Å². The average molecular weight is 219 g/mol. The lowest BCUT2D eigenvalue weighted by Crippen LogP contribution is -2.29. The Hall–Kier alpha value is -1.23. The molecule has 0 fully saturated rings. The van der Waals surface area contributed by atoms with Gasteiger partial charge in [-0.25, -0.2) is 0 Å². The van der Waals surface area contributed by atoms with Crippen LogP contribution in [0.3, 0.4) is 0 Å². The lowest BCUT2D eigenvalue weighted by molar-refractivity contribution is -0.149. The molecule has 1 aromatic rings. The summed E-state index contributed by atoms with van der Waals surface area (Å²) < 4.78 is 37.8. The highest BCUT2D eigenvalue weighted by molar-refractivity contribution is 5.30. The van der Waals surface area contributed by atoms with Crippen LogP contribution < -0.4 is 5.32 Å². The Morgan fingerprint density at radius 1 is 1.40 bits per heavy atom. The maximum absolute atomic E-state index is 12.6. The summed E-state index contributed by atoms with van der Waals surface area (Å²) in [5.41, 5.74) is 0.0665. The van der Waals surface area contributed by atoms with E-state index >= 15 is 0 Å². The van der Waals surface area contributed by atoms with Gasteiger partial charge >= 0.3 is 6.18 Å². The molecule has 1 unspecified atom stereocenters. The number of benzene rings is 1. The fourth-order valence-corrected chi connectivity index (χ4v) is 1.37. The van der Waals surface area contributed by atoms with E-state index < -0.39 is 12.1 Å². The van der Waals surface area contributed by atoms with Gasteiger partial charge in [-0.15, -0.1) is 0 Å². The van der Waals surface area contributed by atoms with Gasteiger partial charge in [0.25, 0.3) is 0 Å². The predicted molar refractivity (Wildman–Crippen MR) is 50.8 cm³/mol. The van der Waals surface area contributed by atoms with Crippen LogP contribution in [-0.2, 0) is 0 Å². The van der Waals surface area contributed by atoms with Gasteiger partial charge < -0.3 is 10.4 Å². The number of nitrogens with one attached hydrogen (secondary N) is 1. The van der Waals surface area contributed by atoms with Crippen LogP contribution in [0, 0.1) is 0 Å². The van der Waals surface area contributed by atoms with Gasteiger partial charge in [0, 0.05) is 6.54 Å². The molecule has 0 heterocycles. The normalized spacial score (nSPS) is 13.9. The van der Waals surface area contributed by atoms with E-state index in [0.29, 0.717) is 0 Å². The van der Waals surface area contributed by atoms with Gasteiger partial charge in [-0.1, -0.05) is 12.1 Å². The fourth-order valence-electron chi connectivity index (χ4n) is 1.37. The number of phenolic OH excluding ortho intramolecular Hbond substituents is 1. The first-order chi connectivity index (χ1) is 6.95. The second-order valence-electron chi connectivity index (χ2n) is 3.25. The quantitative estimate of drug-likeness (QED) is 0.817. The van der Waals surface area contributed by atoms with E-state index in [-0.39, 0.29) is 17.9 Å². The molecule has 2 N–H and O–H groups in total. The number of rotatable bonds is 3. The summed E-state index contributed by atoms with van der Waals surface area (Å²) in [7, 11) is 1.46. The van der Waals surface area contributed by atoms with Crippen molar-refractivity contribution in [1.29, 1.82) is 0 Å². The molecule has 1 rings (SSSR count). The first kappa shape index (κ1) is 11.8. The van der Waals surface area contributed by atoms with Crippen LogP contribution in [0.25, 0.3) is 0 Å². The number of hydrogen-bond acceptors (Lipinski definition) is 2. The molecule has 0 aromatic heterocycles. The van der Waals surface area contributed by atoms with E-state index in [9.17, 15) is 13.2 Å². The first-order valence-corrected chi connectivity index (χ1v) is 4.45. The highest BCUT2D eigenvalue weighted by Crippen LogP contribution is 2.35. The highest BCUT2D eigenvalue weighted by atomic mass is 19.4. The van der Waals surface area contributed by atoms with Gasteiger partial charge in [-0.3, -0.25) is 0 Å². The lowest BCUT2D eigenvalue weighted by atomic mass is 9.98. The third kappa shape index (κ3) is 3.13. The molecule has 0 aliphatic rings. The average Bonchev–Trinajstić information content (AvgIpc) is 2.12. The second kappa shape index (κ2) is 4.53. The Labute approximate surface area is 85.7 Å². The molecule has 5 heteroatoms. The summed E-state index contributed by atoms with van der Waals surface area (Å²) >= 11 is 0. The number of alkyl halides is 3. The number of likely N-dealkylation sites (N-methyl/N-ethyl adjacent to an activating group) is 1. The van der Waals surface area contributed by atoms with Crippen LogP contribution >= 0.6 is 0 Å². The largest absolute Gasteiger partial charge is 0.508 e. The highest BCUT2D eigenvalue weighted by Gasteiger charge is 2.40. The molecule has 15 heavy (non-hydrogen) atoms. The van der Waals surface area contributed by atoms with Gasteiger partial charge in [0.15, 0.2) is 0 Å². The van der Waals surface area contributed by atoms with Gasteiger partial charge in [-0.2, -0.15) is 13.2 Å². The van der Waals surface area contributed by atoms with Gasteiger partial charge in [0.05, 0.1) is 5.92 Å². The SMILES string of the molecule is CNCC(c1cccc(O)c1)C(F)(F)F. The van der Waals surface area contributed by atoms with Crippen LogP contribution in [0.5, 0.6) is 5.75 Å². The molecule has 0 saturated heterocycles. The maximum Gasteiger partial charge on any atom is 0.396 e. The Bertz CT molecular complexity index is 325. The summed E-state index contributed by atoms with van der Waals surface area (Å²) in [4.78, 5) is 0. The number of phenols is 1. The van der Waals surface area contributed by atoms with Crippen molar-refractivity contribution in [2.75, 3.05) is 13.6 Å². The molecule has 0 radical (unpaired) electrons.